The molecule has 0 spiro atoms. The number of Topliss-reactive ketones (excluding diaryl/α,β-unsaturated/α-hetero) is 1. The number of piperidine rings is 1. The molecule has 0 radical (unpaired) electrons. The van der Waals surface area contributed by atoms with Gasteiger partial charge in [-0.2, -0.15) is 10.2 Å². The molecule has 3 fully saturated rings. The maximum absolute atomic E-state index is 13.8. The molecule has 222 valence electrons. The van der Waals surface area contributed by atoms with Crippen molar-refractivity contribution < 1.29 is 14.4 Å². The van der Waals surface area contributed by atoms with Gasteiger partial charge < -0.3 is 10.2 Å². The Balaban J connectivity index is 1.06. The fraction of sp³-hybridized carbons (Fsp3) is 0.355. The maximum Gasteiger partial charge on any atom is 0.248 e. The van der Waals surface area contributed by atoms with Gasteiger partial charge in [0.25, 0.3) is 0 Å². The molecule has 0 unspecified atom stereocenters. The fourth-order valence-electron chi connectivity index (χ4n) is 6.32. The van der Waals surface area contributed by atoms with Crippen molar-refractivity contribution in [2.24, 2.45) is 5.92 Å². The van der Waals surface area contributed by atoms with Gasteiger partial charge in [-0.1, -0.05) is 6.07 Å². The number of likely N-dealkylation sites (tertiary alicyclic amines) is 1. The number of fused-ring (bicyclic) bond motifs is 3. The number of aromatic nitrogens is 7. The minimum atomic E-state index is -0.612. The van der Waals surface area contributed by atoms with Crippen molar-refractivity contribution in [3.05, 3.63) is 64.5 Å². The molecule has 5 aromatic rings. The predicted molar refractivity (Wildman–Crippen MR) is 164 cm³/mol. The third-order valence-electron chi connectivity index (χ3n) is 8.87. The van der Waals surface area contributed by atoms with Gasteiger partial charge >= 0.3 is 0 Å². The van der Waals surface area contributed by atoms with E-state index in [1.54, 1.807) is 14.1 Å². The third kappa shape index (κ3) is 4.66. The zero-order chi connectivity index (χ0) is 30.3. The van der Waals surface area contributed by atoms with Gasteiger partial charge in [0.05, 0.1) is 23.1 Å². The summed E-state index contributed by atoms with van der Waals surface area (Å²) in [5.41, 5.74) is 5.28. The maximum atomic E-state index is 13.8. The molecule has 2 aliphatic carbocycles. The second-order valence-corrected chi connectivity index (χ2v) is 12.8. The summed E-state index contributed by atoms with van der Waals surface area (Å²) < 4.78 is 3.93. The van der Waals surface area contributed by atoms with Crippen molar-refractivity contribution in [3.8, 4) is 11.1 Å². The normalized spacial score (nSPS) is 20.7. The lowest BCUT2D eigenvalue weighted by Crippen LogP contribution is -2.46. The van der Waals surface area contributed by atoms with Crippen molar-refractivity contribution in [1.29, 1.82) is 0 Å². The van der Waals surface area contributed by atoms with Crippen LogP contribution in [0.4, 0.5) is 5.82 Å². The molecule has 4 aromatic heterocycles. The molecule has 44 heavy (non-hydrogen) atoms. The number of carbonyl (C=O) groups excluding carboxylic acids is 3. The minimum absolute atomic E-state index is 0.0277. The van der Waals surface area contributed by atoms with Gasteiger partial charge in [-0.25, -0.2) is 14.5 Å². The minimum Gasteiger partial charge on any atom is -0.326 e. The summed E-state index contributed by atoms with van der Waals surface area (Å²) >= 11 is 3.34. The first-order chi connectivity index (χ1) is 21.2. The Labute approximate surface area is 260 Å². The molecule has 1 N–H and O–H groups in total. The van der Waals surface area contributed by atoms with E-state index in [9.17, 15) is 14.4 Å². The highest BCUT2D eigenvalue weighted by molar-refractivity contribution is 9.10. The summed E-state index contributed by atoms with van der Waals surface area (Å²) in [5, 5.41) is 12.8. The molecule has 12 nitrogen and oxygen atoms in total. The van der Waals surface area contributed by atoms with Crippen LogP contribution in [0.25, 0.3) is 27.7 Å². The molecule has 1 saturated heterocycles. The Morgan fingerprint density at radius 3 is 2.66 bits per heavy atom. The molecule has 3 aliphatic rings. The Kier molecular flexibility index (Phi) is 6.16. The van der Waals surface area contributed by atoms with E-state index >= 15 is 0 Å². The van der Waals surface area contributed by atoms with Crippen LogP contribution in [0.15, 0.2) is 47.5 Å². The Morgan fingerprint density at radius 2 is 1.89 bits per heavy atom. The van der Waals surface area contributed by atoms with E-state index in [4.69, 9.17) is 5.10 Å². The summed E-state index contributed by atoms with van der Waals surface area (Å²) in [6.45, 7) is 3.20. The van der Waals surface area contributed by atoms with E-state index in [-0.39, 0.29) is 30.2 Å². The highest BCUT2D eigenvalue weighted by atomic mass is 79.9. The summed E-state index contributed by atoms with van der Waals surface area (Å²) in [6.07, 6.45) is 9.07. The van der Waals surface area contributed by atoms with Crippen LogP contribution in [-0.4, -0.2) is 68.9 Å². The number of nitrogens with zero attached hydrogens (tertiary/aromatic N) is 8. The van der Waals surface area contributed by atoms with Crippen molar-refractivity contribution in [2.45, 2.75) is 64.1 Å². The van der Waals surface area contributed by atoms with E-state index in [0.717, 1.165) is 28.9 Å². The van der Waals surface area contributed by atoms with E-state index < -0.39 is 6.04 Å². The smallest absolute Gasteiger partial charge is 0.248 e. The quantitative estimate of drug-likeness (QED) is 0.256. The van der Waals surface area contributed by atoms with Gasteiger partial charge in [0.2, 0.25) is 11.8 Å². The topological polar surface area (TPSA) is 140 Å². The first-order valence-electron chi connectivity index (χ1n) is 14.7. The number of hydrogen-bond donors (Lipinski definition) is 1. The average Bonchev–Trinajstić information content (AvgIpc) is 3.88. The SMILES string of the molecule is CC(=O)c1nn(CC(=O)N2[C@@H]3C[C@@H]3C[C@H]2C(=O)Nc2cnc(C)c(Br)n2)c2ccc(-c3cnc4cc(C5CC5)nn4c3)cc12. The van der Waals surface area contributed by atoms with Gasteiger partial charge in [-0.3, -0.25) is 24.0 Å². The van der Waals surface area contributed by atoms with Crippen LogP contribution in [-0.2, 0) is 16.1 Å². The van der Waals surface area contributed by atoms with E-state index in [1.165, 1.54) is 26.0 Å². The van der Waals surface area contributed by atoms with Gasteiger partial charge in [-0.15, -0.1) is 0 Å². The zero-order valence-electron chi connectivity index (χ0n) is 24.1. The highest BCUT2D eigenvalue weighted by Crippen LogP contribution is 2.48. The van der Waals surface area contributed by atoms with Crippen LogP contribution >= 0.6 is 15.9 Å². The number of anilines is 1. The number of amides is 2. The number of rotatable bonds is 7. The van der Waals surface area contributed by atoms with Gasteiger partial charge in [0.15, 0.2) is 17.2 Å². The molecule has 1 aromatic carbocycles. The van der Waals surface area contributed by atoms with E-state index in [1.807, 2.05) is 43.6 Å². The van der Waals surface area contributed by atoms with Gasteiger partial charge in [0, 0.05) is 48.3 Å². The lowest BCUT2D eigenvalue weighted by molar-refractivity contribution is -0.138. The number of halogens is 1. The molecule has 5 heterocycles. The molecule has 1 aliphatic heterocycles. The van der Waals surface area contributed by atoms with Gasteiger partial charge in [-0.05, 0) is 72.2 Å². The van der Waals surface area contributed by atoms with Crippen LogP contribution in [0, 0.1) is 12.8 Å². The summed E-state index contributed by atoms with van der Waals surface area (Å²) in [6, 6.07) is 7.18. The molecule has 3 atom stereocenters. The van der Waals surface area contributed by atoms with Gasteiger partial charge in [0.1, 0.15) is 22.9 Å². The lowest BCUT2D eigenvalue weighted by Gasteiger charge is -2.26. The number of nitrogens with one attached hydrogen (secondary N) is 1. The number of aryl methyl sites for hydroxylation is 1. The third-order valence-corrected chi connectivity index (χ3v) is 9.63. The van der Waals surface area contributed by atoms with Crippen LogP contribution in [0.5, 0.6) is 0 Å². The molecular formula is C31H28BrN9O3. The largest absolute Gasteiger partial charge is 0.326 e. The van der Waals surface area contributed by atoms with Crippen molar-refractivity contribution in [1.82, 2.24) is 39.2 Å². The summed E-state index contributed by atoms with van der Waals surface area (Å²) in [5.74, 6) is 0.460. The van der Waals surface area contributed by atoms with E-state index in [0.29, 0.717) is 51.0 Å². The Bertz CT molecular complexity index is 2030. The summed E-state index contributed by atoms with van der Waals surface area (Å²) in [7, 11) is 0. The standard InChI is InChI=1S/C31H28BrN9O3/c1-15-30(32)35-26(12-33-15)36-31(44)25-9-19-8-24(19)41(25)28(43)14-39-23-6-5-18(7-21(23)29(38-39)16(2)42)20-11-34-27-10-22(17-3-4-17)37-40(27)13-20/h5-7,10-13,17,19,24-25H,3-4,8-9,14H2,1-2H3,(H,35,36,44)/t19-,24-,25+/m1/s1. The summed E-state index contributed by atoms with van der Waals surface area (Å²) in [4.78, 5) is 54.5. The Morgan fingerprint density at radius 1 is 1.05 bits per heavy atom. The molecule has 2 amide bonds. The zero-order valence-corrected chi connectivity index (χ0v) is 25.7. The fourth-order valence-corrected chi connectivity index (χ4v) is 6.61. The second-order valence-electron chi connectivity index (χ2n) is 12.0. The monoisotopic (exact) mass is 653 g/mol. The Hall–Kier alpha value is -4.52. The van der Waals surface area contributed by atoms with Crippen LogP contribution in [0.1, 0.15) is 60.4 Å². The van der Waals surface area contributed by atoms with Crippen LogP contribution < -0.4 is 5.32 Å². The van der Waals surface area contributed by atoms with Crippen molar-refractivity contribution in [2.75, 3.05) is 5.32 Å². The molecule has 2 saturated carbocycles. The molecular weight excluding hydrogens is 626 g/mol. The second kappa shape index (κ2) is 10.0. The first-order valence-corrected chi connectivity index (χ1v) is 15.5. The lowest BCUT2D eigenvalue weighted by atomic mass is 10.0. The number of hydrogen-bond acceptors (Lipinski definition) is 8. The number of carbonyl (C=O) groups is 3. The van der Waals surface area contributed by atoms with Crippen LogP contribution in [0.3, 0.4) is 0 Å². The molecule has 8 rings (SSSR count). The van der Waals surface area contributed by atoms with Crippen molar-refractivity contribution >= 4 is 55.9 Å². The first kappa shape index (κ1) is 27.1. The van der Waals surface area contributed by atoms with Crippen LogP contribution in [0.2, 0.25) is 0 Å². The average molecular weight is 655 g/mol. The van der Waals surface area contributed by atoms with Crippen molar-refractivity contribution in [3.63, 3.8) is 0 Å². The molecule has 0 bridgehead atoms. The number of ketones is 1. The molecule has 13 heteroatoms. The predicted octanol–water partition coefficient (Wildman–Crippen LogP) is 4.32. The number of benzene rings is 1. The highest BCUT2D eigenvalue weighted by Gasteiger charge is 2.56. The van der Waals surface area contributed by atoms with E-state index in [2.05, 4.69) is 41.3 Å².